The van der Waals surface area contributed by atoms with Crippen molar-refractivity contribution in [2.45, 2.75) is 98.4 Å². The lowest BCUT2D eigenvalue weighted by atomic mass is 9.85. The minimum absolute atomic E-state index is 0.0000404. The number of aromatic nitrogens is 4. The van der Waals surface area contributed by atoms with Crippen molar-refractivity contribution in [2.24, 2.45) is 10.4 Å². The maximum absolute atomic E-state index is 14.1. The SMILES string of the molecule is Cc1ncsc1-c1ccc(CCC(=O)[C@@H]2CC(O)CN2C(=O)[C@@H](NC(=O)COCCOc2cccc(NC(=O)CC3N=C(c4ccc(Cl)cc4)c4c(sc(C)c4C)-n4c(C)nnc43)c2)C(C)(C)C)cc1. The number of nitrogens with zero attached hydrogens (tertiary/aromatic N) is 6. The first kappa shape index (κ1) is 50.3. The second-order valence-electron chi connectivity index (χ2n) is 18.8. The average molecular weight is 1010 g/mol. The number of ketones is 1. The number of amides is 3. The molecule has 70 heavy (non-hydrogen) atoms. The Morgan fingerprint density at radius 3 is 2.40 bits per heavy atom. The van der Waals surface area contributed by atoms with Crippen LogP contribution in [0.3, 0.4) is 0 Å². The number of thiazole rings is 1. The van der Waals surface area contributed by atoms with E-state index < -0.39 is 41.5 Å². The van der Waals surface area contributed by atoms with Crippen molar-refractivity contribution in [3.8, 4) is 21.2 Å². The number of fused-ring (bicyclic) bond motifs is 3. The summed E-state index contributed by atoms with van der Waals surface area (Å²) in [4.78, 5) is 67.9. The fourth-order valence-corrected chi connectivity index (χ4v) is 10.9. The molecule has 3 aromatic heterocycles. The summed E-state index contributed by atoms with van der Waals surface area (Å²) >= 11 is 9.49. The molecule has 3 N–H and O–H groups in total. The molecule has 3 amide bonds. The van der Waals surface area contributed by atoms with Gasteiger partial charge >= 0.3 is 0 Å². The zero-order valence-electron chi connectivity index (χ0n) is 40.2. The van der Waals surface area contributed by atoms with E-state index in [0.717, 1.165) is 54.0 Å². The molecule has 4 atom stereocenters. The summed E-state index contributed by atoms with van der Waals surface area (Å²) in [6.07, 6.45) is -0.0305. The van der Waals surface area contributed by atoms with E-state index in [1.54, 1.807) is 46.9 Å². The smallest absolute Gasteiger partial charge is 0.246 e. The van der Waals surface area contributed by atoms with Crippen molar-refractivity contribution < 1.29 is 33.8 Å². The van der Waals surface area contributed by atoms with E-state index in [1.165, 1.54) is 4.90 Å². The number of benzene rings is 3. The average Bonchev–Trinajstić information content (AvgIpc) is 4.09. The number of β-amino-alcohol motifs (C(OH)–C–C–N with tert-alkyl or cyclic N) is 1. The number of aryl methyl sites for hydroxylation is 4. The molecule has 6 aromatic rings. The van der Waals surface area contributed by atoms with E-state index in [-0.39, 0.29) is 57.3 Å². The van der Waals surface area contributed by atoms with Gasteiger partial charge in [0.2, 0.25) is 17.7 Å². The van der Waals surface area contributed by atoms with Crippen LogP contribution in [0, 0.1) is 33.1 Å². The predicted molar refractivity (Wildman–Crippen MR) is 272 cm³/mol. The van der Waals surface area contributed by atoms with Gasteiger partial charge in [-0.05, 0) is 80.5 Å². The van der Waals surface area contributed by atoms with Crippen molar-refractivity contribution >= 4 is 69.2 Å². The van der Waals surface area contributed by atoms with Crippen molar-refractivity contribution in [1.29, 1.82) is 0 Å². The molecule has 2 aliphatic rings. The maximum atomic E-state index is 14.1. The van der Waals surface area contributed by atoms with Crippen molar-refractivity contribution in [3.05, 3.63) is 128 Å². The van der Waals surface area contributed by atoms with Crippen molar-refractivity contribution in [3.63, 3.8) is 0 Å². The molecule has 0 saturated carbocycles. The van der Waals surface area contributed by atoms with Crippen LogP contribution in [0.25, 0.3) is 15.4 Å². The zero-order chi connectivity index (χ0) is 49.9. The van der Waals surface area contributed by atoms with Crippen LogP contribution in [0.2, 0.25) is 5.02 Å². The molecule has 0 aliphatic carbocycles. The Hall–Kier alpha value is -6.11. The molecular formula is C52H57ClN8O7S2. The Balaban J connectivity index is 0.825. The van der Waals surface area contributed by atoms with Crippen LogP contribution in [0.15, 0.2) is 83.3 Å². The zero-order valence-corrected chi connectivity index (χ0v) is 42.6. The highest BCUT2D eigenvalue weighted by atomic mass is 35.5. The number of ether oxygens (including phenoxy) is 2. The Kier molecular flexibility index (Phi) is 15.4. The molecule has 15 nitrogen and oxygen atoms in total. The summed E-state index contributed by atoms with van der Waals surface area (Å²) in [5.41, 5.74) is 8.36. The number of aliphatic imine (C=N–C) groups is 1. The van der Waals surface area contributed by atoms with Gasteiger partial charge in [-0.15, -0.1) is 32.9 Å². The van der Waals surface area contributed by atoms with Gasteiger partial charge in [0.05, 0.1) is 47.0 Å². The first-order chi connectivity index (χ1) is 33.4. The quantitative estimate of drug-likeness (QED) is 0.0749. The molecule has 0 bridgehead atoms. The molecule has 2 unspecified atom stereocenters. The number of carbonyl (C=O) groups is 4. The highest BCUT2D eigenvalue weighted by Crippen LogP contribution is 2.40. The van der Waals surface area contributed by atoms with Gasteiger partial charge in [-0.2, -0.15) is 0 Å². The first-order valence-corrected chi connectivity index (χ1v) is 25.3. The van der Waals surface area contributed by atoms with Gasteiger partial charge in [-0.25, -0.2) is 4.98 Å². The van der Waals surface area contributed by atoms with Gasteiger partial charge in [0.15, 0.2) is 11.6 Å². The number of carbonyl (C=O) groups excluding carboxylic acids is 4. The van der Waals surface area contributed by atoms with Crippen LogP contribution in [0.1, 0.15) is 90.5 Å². The number of halogens is 1. The van der Waals surface area contributed by atoms with Gasteiger partial charge in [-0.1, -0.05) is 74.8 Å². The lowest BCUT2D eigenvalue weighted by Crippen LogP contribution is -2.57. The molecule has 2 aliphatic heterocycles. The number of likely N-dealkylation sites (tertiary alicyclic amines) is 1. The number of aliphatic hydroxyl groups is 1. The summed E-state index contributed by atoms with van der Waals surface area (Å²) in [5, 5.41) is 26.9. The first-order valence-electron chi connectivity index (χ1n) is 23.2. The lowest BCUT2D eigenvalue weighted by Gasteiger charge is -2.35. The van der Waals surface area contributed by atoms with Gasteiger partial charge < -0.3 is 30.1 Å². The summed E-state index contributed by atoms with van der Waals surface area (Å²) in [7, 11) is 0. The molecule has 18 heteroatoms. The molecule has 1 fully saturated rings. The second-order valence-corrected chi connectivity index (χ2v) is 21.3. The largest absolute Gasteiger partial charge is 0.491 e. The molecule has 8 rings (SSSR count). The van der Waals surface area contributed by atoms with Crippen LogP contribution in [0.5, 0.6) is 5.75 Å². The number of hydrogen-bond acceptors (Lipinski definition) is 13. The van der Waals surface area contributed by atoms with E-state index in [4.69, 9.17) is 26.1 Å². The Bertz CT molecular complexity index is 2920. The highest BCUT2D eigenvalue weighted by molar-refractivity contribution is 7.15. The summed E-state index contributed by atoms with van der Waals surface area (Å²) < 4.78 is 13.6. The van der Waals surface area contributed by atoms with Crippen molar-refractivity contribution in [1.82, 2.24) is 30.0 Å². The summed E-state index contributed by atoms with van der Waals surface area (Å²) in [6.45, 7) is 13.3. The number of anilines is 1. The Morgan fingerprint density at radius 2 is 1.69 bits per heavy atom. The standard InChI is InChI=1S/C52H57ClN8O7S2/c1-29-31(3)70-51-45(29)46(34-16-18-36(53)19-17-34)56-40(49-59-58-32(4)61(49)51)25-43(64)55-37-9-8-10-39(23-37)68-22-21-67-27-44(65)57-48(52(5,6)7)50(66)60-26-38(62)24-41(60)42(63)20-13-33-11-14-35(15-12-33)47-30(2)54-28-69-47/h8-12,14-19,23,28,38,40-41,48,62H,13,20-22,24-27H2,1-7H3,(H,55,64)(H,57,65)/t38?,40?,41-,48+/m0/s1. The number of nitrogens with one attached hydrogen (secondary N) is 2. The van der Waals surface area contributed by atoms with Gasteiger partial charge in [0.25, 0.3) is 0 Å². The molecule has 3 aromatic carbocycles. The van der Waals surface area contributed by atoms with Crippen LogP contribution in [-0.4, -0.2) is 104 Å². The fraction of sp³-hybridized carbons (Fsp3) is 0.385. The molecule has 0 spiro atoms. The molecule has 0 radical (unpaired) electrons. The summed E-state index contributed by atoms with van der Waals surface area (Å²) in [5.74, 6) is 0.389. The minimum Gasteiger partial charge on any atom is -0.491 e. The van der Waals surface area contributed by atoms with Gasteiger partial charge in [0.1, 0.15) is 41.9 Å². The Labute approximate surface area is 420 Å². The molecule has 5 heterocycles. The monoisotopic (exact) mass is 1000 g/mol. The number of hydrogen-bond donors (Lipinski definition) is 3. The van der Waals surface area contributed by atoms with E-state index in [9.17, 15) is 24.3 Å². The lowest BCUT2D eigenvalue weighted by molar-refractivity contribution is -0.144. The highest BCUT2D eigenvalue weighted by Gasteiger charge is 2.44. The van der Waals surface area contributed by atoms with Crippen LogP contribution < -0.4 is 15.4 Å². The van der Waals surface area contributed by atoms with Crippen LogP contribution in [-0.2, 0) is 30.3 Å². The van der Waals surface area contributed by atoms with Gasteiger partial charge in [0, 0.05) is 52.2 Å². The number of thiophene rings is 1. The number of Topliss-reactive ketones (excluding diaryl/α,β-unsaturated/α-hetero) is 1. The Morgan fingerprint density at radius 1 is 0.943 bits per heavy atom. The van der Waals surface area contributed by atoms with Gasteiger partial charge in [-0.3, -0.25) is 28.7 Å². The predicted octanol–water partition coefficient (Wildman–Crippen LogP) is 8.35. The molecule has 366 valence electrons. The van der Waals surface area contributed by atoms with E-state index in [2.05, 4.69) is 39.7 Å². The van der Waals surface area contributed by atoms with Crippen LogP contribution in [0.4, 0.5) is 5.69 Å². The molecular weight excluding hydrogens is 948 g/mol. The van der Waals surface area contributed by atoms with E-state index in [0.29, 0.717) is 34.5 Å². The van der Waals surface area contributed by atoms with E-state index >= 15 is 0 Å². The second kappa shape index (κ2) is 21.5. The number of aliphatic hydroxyl groups excluding tert-OH is 1. The maximum Gasteiger partial charge on any atom is 0.246 e. The summed E-state index contributed by atoms with van der Waals surface area (Å²) in [6, 6.07) is 20.1. The van der Waals surface area contributed by atoms with E-state index in [1.807, 2.05) is 93.2 Å². The normalized spacial score (nSPS) is 17.0. The minimum atomic E-state index is -0.981. The third kappa shape index (κ3) is 11.4. The topological polar surface area (TPSA) is 190 Å². The molecule has 1 saturated heterocycles. The third-order valence-corrected chi connectivity index (χ3v) is 15.0. The number of rotatable bonds is 17. The van der Waals surface area contributed by atoms with Crippen molar-refractivity contribution in [2.75, 3.05) is 31.7 Å². The third-order valence-electron chi connectivity index (χ3n) is 12.6. The fourth-order valence-electron chi connectivity index (χ4n) is 8.78. The van der Waals surface area contributed by atoms with Crippen LogP contribution >= 0.6 is 34.3 Å².